The fourth-order valence-corrected chi connectivity index (χ4v) is 2.82. The Morgan fingerprint density at radius 3 is 2.77 bits per heavy atom. The Balaban J connectivity index is 2.16. The van der Waals surface area contributed by atoms with E-state index < -0.39 is 0 Å². The highest BCUT2D eigenvalue weighted by atomic mass is 32.1. The van der Waals surface area contributed by atoms with Gasteiger partial charge in [0.2, 0.25) is 0 Å². The molecule has 1 heterocycles. The molecule has 0 spiro atoms. The summed E-state index contributed by atoms with van der Waals surface area (Å²) in [6, 6.07) is 0.140. The number of thiazole rings is 1. The number of hydrogen-bond acceptors (Lipinski definition) is 3. The van der Waals surface area contributed by atoms with Crippen molar-refractivity contribution >= 4 is 11.3 Å². The second-order valence-electron chi connectivity index (χ2n) is 4.25. The summed E-state index contributed by atoms with van der Waals surface area (Å²) in [7, 11) is 0. The molecule has 3 heteroatoms. The molecule has 2 nitrogen and oxygen atoms in total. The Morgan fingerprint density at radius 1 is 1.54 bits per heavy atom. The van der Waals surface area contributed by atoms with E-state index in [1.54, 1.807) is 11.3 Å². The van der Waals surface area contributed by atoms with Crippen LogP contribution in [0.15, 0.2) is 10.9 Å². The van der Waals surface area contributed by atoms with Crippen LogP contribution in [-0.4, -0.2) is 4.98 Å². The predicted octanol–water partition coefficient (Wildman–Crippen LogP) is 2.72. The topological polar surface area (TPSA) is 38.9 Å². The highest BCUT2D eigenvalue weighted by Gasteiger charge is 2.36. The largest absolute Gasteiger partial charge is 0.322 e. The van der Waals surface area contributed by atoms with Gasteiger partial charge in [-0.15, -0.1) is 11.3 Å². The molecule has 1 aromatic rings. The van der Waals surface area contributed by atoms with Gasteiger partial charge in [-0.1, -0.05) is 19.8 Å². The summed E-state index contributed by atoms with van der Waals surface area (Å²) >= 11 is 1.63. The van der Waals surface area contributed by atoms with Gasteiger partial charge >= 0.3 is 0 Å². The van der Waals surface area contributed by atoms with Crippen molar-refractivity contribution in [1.29, 1.82) is 0 Å². The van der Waals surface area contributed by atoms with Crippen LogP contribution in [0, 0.1) is 5.41 Å². The molecule has 0 amide bonds. The van der Waals surface area contributed by atoms with Crippen LogP contribution in [0.1, 0.15) is 44.3 Å². The lowest BCUT2D eigenvalue weighted by Crippen LogP contribution is -2.29. The van der Waals surface area contributed by atoms with Gasteiger partial charge in [-0.3, -0.25) is 0 Å². The van der Waals surface area contributed by atoms with Crippen LogP contribution in [0.2, 0.25) is 0 Å². The van der Waals surface area contributed by atoms with Crippen molar-refractivity contribution in [2.75, 3.05) is 0 Å². The molecule has 0 aliphatic heterocycles. The molecule has 1 aliphatic carbocycles. The molecule has 1 saturated carbocycles. The fraction of sp³-hybridized carbons (Fsp3) is 0.700. The zero-order valence-electron chi connectivity index (χ0n) is 7.99. The molecule has 0 bridgehead atoms. The molecule has 0 saturated heterocycles. The number of nitrogens with zero attached hydrogens (tertiary/aromatic N) is 1. The second kappa shape index (κ2) is 3.39. The molecule has 1 aromatic heterocycles. The normalized spacial score (nSPS) is 23.2. The molecule has 2 rings (SSSR count). The van der Waals surface area contributed by atoms with Gasteiger partial charge in [0, 0.05) is 5.38 Å². The number of nitrogens with two attached hydrogens (primary N) is 1. The van der Waals surface area contributed by atoms with E-state index in [1.165, 1.54) is 25.7 Å². The average molecular weight is 196 g/mol. The summed E-state index contributed by atoms with van der Waals surface area (Å²) in [5.74, 6) is 0. The molecule has 2 N–H and O–H groups in total. The van der Waals surface area contributed by atoms with Crippen LogP contribution in [0.25, 0.3) is 0 Å². The smallest absolute Gasteiger partial charge is 0.0795 e. The maximum Gasteiger partial charge on any atom is 0.0795 e. The van der Waals surface area contributed by atoms with Crippen LogP contribution in [-0.2, 0) is 0 Å². The van der Waals surface area contributed by atoms with E-state index in [2.05, 4.69) is 17.3 Å². The molecule has 1 atom stereocenters. The first-order chi connectivity index (χ1) is 6.22. The molecule has 1 aliphatic rings. The second-order valence-corrected chi connectivity index (χ2v) is 4.97. The summed E-state index contributed by atoms with van der Waals surface area (Å²) in [6.45, 7) is 2.30. The molecule has 0 aromatic carbocycles. The zero-order chi connectivity index (χ0) is 9.31. The standard InChI is InChI=1S/C10H16N2S/c1-10(4-2-3-5-10)9(11)8-6-13-7-12-8/h6-7,9H,2-5,11H2,1H3. The number of rotatable bonds is 2. The lowest BCUT2D eigenvalue weighted by Gasteiger charge is -2.29. The van der Waals surface area contributed by atoms with Crippen molar-refractivity contribution in [3.05, 3.63) is 16.6 Å². The molecular formula is C10H16N2S. The summed E-state index contributed by atoms with van der Waals surface area (Å²) < 4.78 is 0. The quantitative estimate of drug-likeness (QED) is 0.790. The third-order valence-electron chi connectivity index (χ3n) is 3.27. The summed E-state index contributed by atoms with van der Waals surface area (Å²) in [4.78, 5) is 4.30. The van der Waals surface area contributed by atoms with E-state index in [4.69, 9.17) is 5.73 Å². The van der Waals surface area contributed by atoms with Gasteiger partial charge in [0.15, 0.2) is 0 Å². The average Bonchev–Trinajstić information content (AvgIpc) is 2.73. The van der Waals surface area contributed by atoms with E-state index in [9.17, 15) is 0 Å². The van der Waals surface area contributed by atoms with Crippen molar-refractivity contribution in [3.63, 3.8) is 0 Å². The third-order valence-corrected chi connectivity index (χ3v) is 3.87. The number of hydrogen-bond donors (Lipinski definition) is 1. The van der Waals surface area contributed by atoms with E-state index in [-0.39, 0.29) is 6.04 Å². The van der Waals surface area contributed by atoms with Gasteiger partial charge in [0.25, 0.3) is 0 Å². The van der Waals surface area contributed by atoms with Gasteiger partial charge in [-0.25, -0.2) is 4.98 Å². The van der Waals surface area contributed by atoms with Crippen LogP contribution in [0.5, 0.6) is 0 Å². The van der Waals surface area contributed by atoms with Crippen molar-refractivity contribution in [2.45, 2.75) is 38.6 Å². The predicted molar refractivity (Wildman–Crippen MR) is 55.6 cm³/mol. The van der Waals surface area contributed by atoms with Gasteiger partial charge in [0.1, 0.15) is 0 Å². The highest BCUT2D eigenvalue weighted by Crippen LogP contribution is 2.45. The molecule has 1 fully saturated rings. The maximum absolute atomic E-state index is 6.22. The van der Waals surface area contributed by atoms with E-state index in [0.717, 1.165) is 5.69 Å². The Bertz CT molecular complexity index is 262. The first-order valence-electron chi connectivity index (χ1n) is 4.86. The van der Waals surface area contributed by atoms with Crippen molar-refractivity contribution in [2.24, 2.45) is 11.1 Å². The monoisotopic (exact) mass is 196 g/mol. The lowest BCUT2D eigenvalue weighted by atomic mass is 9.80. The molecular weight excluding hydrogens is 180 g/mol. The van der Waals surface area contributed by atoms with Gasteiger partial charge in [-0.2, -0.15) is 0 Å². The summed E-state index contributed by atoms with van der Waals surface area (Å²) in [6.07, 6.45) is 5.17. The minimum Gasteiger partial charge on any atom is -0.322 e. The molecule has 13 heavy (non-hydrogen) atoms. The third kappa shape index (κ3) is 1.63. The number of aromatic nitrogens is 1. The van der Waals surface area contributed by atoms with Crippen LogP contribution >= 0.6 is 11.3 Å². The van der Waals surface area contributed by atoms with Crippen molar-refractivity contribution in [3.8, 4) is 0 Å². The Kier molecular flexibility index (Phi) is 2.39. The summed E-state index contributed by atoms with van der Waals surface area (Å²) in [5, 5.41) is 2.08. The SMILES string of the molecule is CC1(C(N)c2cscn2)CCCC1. The zero-order valence-corrected chi connectivity index (χ0v) is 8.81. The van der Waals surface area contributed by atoms with Gasteiger partial charge < -0.3 is 5.73 Å². The Hall–Kier alpha value is -0.410. The lowest BCUT2D eigenvalue weighted by molar-refractivity contribution is 0.262. The van der Waals surface area contributed by atoms with Gasteiger partial charge in [-0.05, 0) is 18.3 Å². The van der Waals surface area contributed by atoms with E-state index >= 15 is 0 Å². The maximum atomic E-state index is 6.22. The minimum atomic E-state index is 0.140. The Labute approximate surface area is 83.2 Å². The van der Waals surface area contributed by atoms with Crippen LogP contribution < -0.4 is 5.73 Å². The molecule has 72 valence electrons. The summed E-state index contributed by atoms with van der Waals surface area (Å²) in [5.41, 5.74) is 9.47. The van der Waals surface area contributed by atoms with Crippen molar-refractivity contribution in [1.82, 2.24) is 4.98 Å². The Morgan fingerprint density at radius 2 is 2.23 bits per heavy atom. The van der Waals surface area contributed by atoms with E-state index in [1.807, 2.05) is 5.51 Å². The molecule has 0 radical (unpaired) electrons. The fourth-order valence-electron chi connectivity index (χ4n) is 2.23. The first kappa shape index (κ1) is 9.16. The first-order valence-corrected chi connectivity index (χ1v) is 5.80. The van der Waals surface area contributed by atoms with Crippen LogP contribution in [0.4, 0.5) is 0 Å². The molecule has 1 unspecified atom stereocenters. The highest BCUT2D eigenvalue weighted by molar-refractivity contribution is 7.07. The minimum absolute atomic E-state index is 0.140. The van der Waals surface area contributed by atoms with Gasteiger partial charge in [0.05, 0.1) is 17.2 Å². The van der Waals surface area contributed by atoms with Crippen LogP contribution in [0.3, 0.4) is 0 Å². The van der Waals surface area contributed by atoms with Crippen molar-refractivity contribution < 1.29 is 0 Å². The van der Waals surface area contributed by atoms with E-state index in [0.29, 0.717) is 5.41 Å².